The van der Waals surface area contributed by atoms with E-state index in [2.05, 4.69) is 33.8 Å². The smallest absolute Gasteiger partial charge is 0.163 e. The summed E-state index contributed by atoms with van der Waals surface area (Å²) in [6, 6.07) is 18.1. The Morgan fingerprint density at radius 2 is 1.66 bits per heavy atom. The molecule has 0 radical (unpaired) electrons. The van der Waals surface area contributed by atoms with Gasteiger partial charge in [-0.1, -0.05) is 47.1 Å². The Morgan fingerprint density at radius 1 is 0.927 bits per heavy atom. The van der Waals surface area contributed by atoms with Crippen molar-refractivity contribution in [2.24, 2.45) is 5.41 Å². The topological polar surface area (TPSA) is 38.8 Å². The second-order valence-electron chi connectivity index (χ2n) is 11.4. The average Bonchev–Trinajstić information content (AvgIpc) is 2.96. The van der Waals surface area contributed by atoms with Crippen LogP contribution >= 0.6 is 15.9 Å². The predicted octanol–water partition coefficient (Wildman–Crippen LogP) is 8.19. The largest absolute Gasteiger partial charge is 0.491 e. The van der Waals surface area contributed by atoms with Gasteiger partial charge in [0.1, 0.15) is 12.4 Å². The molecule has 0 atom stereocenters. The number of ketones is 1. The summed E-state index contributed by atoms with van der Waals surface area (Å²) >= 11 is 3.59. The number of benzene rings is 3. The summed E-state index contributed by atoms with van der Waals surface area (Å²) in [6.45, 7) is 5.93. The molecule has 0 saturated carbocycles. The molecule has 4 rings (SSSR count). The van der Waals surface area contributed by atoms with Crippen molar-refractivity contribution in [2.75, 3.05) is 33.4 Å². The van der Waals surface area contributed by atoms with Gasteiger partial charge in [-0.15, -0.1) is 0 Å². The van der Waals surface area contributed by atoms with Crippen LogP contribution in [-0.2, 0) is 24.1 Å². The number of likely N-dealkylation sites (tertiary alicyclic amines) is 1. The minimum Gasteiger partial charge on any atom is -0.491 e. The zero-order chi connectivity index (χ0) is 29.2. The SMILES string of the molecule is COCCOc1ccc(CCC(=O)c2ccc(Br)cc2CCCC2(C)CCN(Cc3ccc(F)c(F)c3)CC2)cc1. The Bertz CT molecular complexity index is 1290. The number of aryl methyl sites for hydroxylation is 2. The fraction of sp³-hybridized carbons (Fsp3) is 0.441. The van der Waals surface area contributed by atoms with Crippen LogP contribution < -0.4 is 4.74 Å². The Kier molecular flexibility index (Phi) is 11.5. The van der Waals surface area contributed by atoms with E-state index in [1.54, 1.807) is 13.2 Å². The van der Waals surface area contributed by atoms with Gasteiger partial charge in [0.25, 0.3) is 0 Å². The molecular formula is C34H40BrF2NO3. The lowest BCUT2D eigenvalue weighted by molar-refractivity contribution is 0.0981. The van der Waals surface area contributed by atoms with Crippen molar-refractivity contribution in [3.05, 3.63) is 99.0 Å². The molecular weight excluding hydrogens is 588 g/mol. The minimum atomic E-state index is -0.801. The van der Waals surface area contributed by atoms with Gasteiger partial charge in [-0.05, 0) is 110 Å². The summed E-state index contributed by atoms with van der Waals surface area (Å²) in [6.07, 6.45) is 6.25. The third-order valence-electron chi connectivity index (χ3n) is 8.17. The third-order valence-corrected chi connectivity index (χ3v) is 8.66. The quantitative estimate of drug-likeness (QED) is 0.133. The first-order valence-electron chi connectivity index (χ1n) is 14.4. The zero-order valence-electron chi connectivity index (χ0n) is 24.1. The summed E-state index contributed by atoms with van der Waals surface area (Å²) in [5, 5.41) is 0. The first-order valence-corrected chi connectivity index (χ1v) is 15.2. The van der Waals surface area contributed by atoms with Crippen LogP contribution in [0.2, 0.25) is 0 Å². The Labute approximate surface area is 251 Å². The summed E-state index contributed by atoms with van der Waals surface area (Å²) < 4.78 is 38.5. The number of piperidine rings is 1. The fourth-order valence-electron chi connectivity index (χ4n) is 5.53. The number of carbonyl (C=O) groups excluding carboxylic acids is 1. The molecule has 7 heteroatoms. The molecule has 3 aromatic carbocycles. The number of hydrogen-bond donors (Lipinski definition) is 0. The molecule has 0 N–H and O–H groups in total. The number of Topliss-reactive ketones (excluding diaryl/α,β-unsaturated/α-hetero) is 1. The van der Waals surface area contributed by atoms with E-state index in [1.807, 2.05) is 36.4 Å². The van der Waals surface area contributed by atoms with E-state index in [-0.39, 0.29) is 11.2 Å². The number of rotatable bonds is 14. The normalized spacial score (nSPS) is 15.1. The number of carbonyl (C=O) groups is 1. The molecule has 1 heterocycles. The van der Waals surface area contributed by atoms with Crippen LogP contribution in [0.5, 0.6) is 5.75 Å². The molecule has 1 saturated heterocycles. The molecule has 4 nitrogen and oxygen atoms in total. The van der Waals surface area contributed by atoms with Crippen molar-refractivity contribution < 1.29 is 23.0 Å². The Hall–Kier alpha value is -2.61. The van der Waals surface area contributed by atoms with Gasteiger partial charge >= 0.3 is 0 Å². The molecule has 0 aliphatic carbocycles. The van der Waals surface area contributed by atoms with Gasteiger partial charge in [-0.3, -0.25) is 9.69 Å². The Morgan fingerprint density at radius 3 is 2.37 bits per heavy atom. The van der Waals surface area contributed by atoms with Crippen LogP contribution in [-0.4, -0.2) is 44.1 Å². The highest BCUT2D eigenvalue weighted by Gasteiger charge is 2.29. The monoisotopic (exact) mass is 627 g/mol. The summed E-state index contributed by atoms with van der Waals surface area (Å²) in [5.41, 5.74) is 4.08. The highest BCUT2D eigenvalue weighted by Crippen LogP contribution is 2.37. The van der Waals surface area contributed by atoms with E-state index in [4.69, 9.17) is 9.47 Å². The lowest BCUT2D eigenvalue weighted by atomic mass is 9.76. The molecule has 0 aromatic heterocycles. The second-order valence-corrected chi connectivity index (χ2v) is 12.3. The van der Waals surface area contributed by atoms with Crippen LogP contribution in [0, 0.1) is 17.0 Å². The van der Waals surface area contributed by atoms with Gasteiger partial charge in [0.05, 0.1) is 6.61 Å². The Balaban J connectivity index is 1.25. The molecule has 0 unspecified atom stereocenters. The van der Waals surface area contributed by atoms with Crippen LogP contribution in [0.4, 0.5) is 8.78 Å². The maximum absolute atomic E-state index is 13.6. The van der Waals surface area contributed by atoms with Gasteiger partial charge in [0.2, 0.25) is 0 Å². The van der Waals surface area contributed by atoms with E-state index in [9.17, 15) is 13.6 Å². The van der Waals surface area contributed by atoms with Gasteiger partial charge in [0, 0.05) is 30.1 Å². The van der Waals surface area contributed by atoms with E-state index in [0.29, 0.717) is 32.6 Å². The number of hydrogen-bond acceptors (Lipinski definition) is 4. The van der Waals surface area contributed by atoms with Crippen molar-refractivity contribution in [1.29, 1.82) is 0 Å². The minimum absolute atomic E-state index is 0.171. The van der Waals surface area contributed by atoms with Crippen LogP contribution in [0.15, 0.2) is 65.1 Å². The standard InChI is InChI=1S/C34H40BrF2NO3/c1-34(16-18-38(19-17-34)24-26-7-13-31(36)32(37)22-26)15-3-4-27-23-28(35)9-12-30(27)33(39)14-8-25-5-10-29(11-6-25)41-21-20-40-2/h5-7,9-13,22-23H,3-4,8,14-21,24H2,1-2H3. The number of ether oxygens (including phenoxy) is 2. The van der Waals surface area contributed by atoms with Gasteiger partial charge in [-0.25, -0.2) is 8.78 Å². The summed E-state index contributed by atoms with van der Waals surface area (Å²) in [4.78, 5) is 15.6. The molecule has 1 aliphatic heterocycles. The number of nitrogens with zero attached hydrogens (tertiary/aromatic N) is 1. The molecule has 0 spiro atoms. The van der Waals surface area contributed by atoms with Crippen LogP contribution in [0.3, 0.4) is 0 Å². The zero-order valence-corrected chi connectivity index (χ0v) is 25.7. The molecule has 0 bridgehead atoms. The molecule has 220 valence electrons. The lowest BCUT2D eigenvalue weighted by Gasteiger charge is -2.39. The maximum Gasteiger partial charge on any atom is 0.163 e. The number of methoxy groups -OCH3 is 1. The molecule has 1 fully saturated rings. The highest BCUT2D eigenvalue weighted by molar-refractivity contribution is 9.10. The molecule has 0 amide bonds. The van der Waals surface area contributed by atoms with Gasteiger partial charge in [-0.2, -0.15) is 0 Å². The van der Waals surface area contributed by atoms with Crippen LogP contribution in [0.1, 0.15) is 66.1 Å². The molecule has 1 aliphatic rings. The van der Waals surface area contributed by atoms with Crippen LogP contribution in [0.25, 0.3) is 0 Å². The summed E-state index contributed by atoms with van der Waals surface area (Å²) in [7, 11) is 1.65. The molecule has 3 aromatic rings. The van der Waals surface area contributed by atoms with Crippen molar-refractivity contribution in [2.45, 2.75) is 58.4 Å². The van der Waals surface area contributed by atoms with E-state index < -0.39 is 11.6 Å². The van der Waals surface area contributed by atoms with Gasteiger partial charge < -0.3 is 9.47 Å². The van der Waals surface area contributed by atoms with E-state index in [0.717, 1.165) is 77.7 Å². The van der Waals surface area contributed by atoms with Crippen molar-refractivity contribution in [1.82, 2.24) is 4.90 Å². The van der Waals surface area contributed by atoms with E-state index >= 15 is 0 Å². The predicted molar refractivity (Wildman–Crippen MR) is 163 cm³/mol. The fourth-order valence-corrected chi connectivity index (χ4v) is 5.94. The van der Waals surface area contributed by atoms with Crippen molar-refractivity contribution >= 4 is 21.7 Å². The second kappa shape index (κ2) is 15.0. The maximum atomic E-state index is 13.6. The average molecular weight is 629 g/mol. The first kappa shape index (κ1) is 31.3. The highest BCUT2D eigenvalue weighted by atomic mass is 79.9. The van der Waals surface area contributed by atoms with Crippen molar-refractivity contribution in [3.8, 4) is 5.75 Å². The van der Waals surface area contributed by atoms with Crippen molar-refractivity contribution in [3.63, 3.8) is 0 Å². The first-order chi connectivity index (χ1) is 19.7. The lowest BCUT2D eigenvalue weighted by Crippen LogP contribution is -2.38. The third kappa shape index (κ3) is 9.45. The summed E-state index contributed by atoms with van der Waals surface area (Å²) in [5.74, 6) is -0.613. The van der Waals surface area contributed by atoms with E-state index in [1.165, 1.54) is 12.1 Å². The van der Waals surface area contributed by atoms with Gasteiger partial charge in [0.15, 0.2) is 17.4 Å². The molecule has 41 heavy (non-hydrogen) atoms. The number of halogens is 3.